The molecule has 2 rings (SSSR count). The van der Waals surface area contributed by atoms with E-state index in [1.54, 1.807) is 0 Å². The van der Waals surface area contributed by atoms with Gasteiger partial charge in [0.15, 0.2) is 0 Å². The Morgan fingerprint density at radius 2 is 2.18 bits per heavy atom. The molecule has 1 aromatic heterocycles. The van der Waals surface area contributed by atoms with Crippen molar-refractivity contribution >= 4 is 27.3 Å². The van der Waals surface area contributed by atoms with Gasteiger partial charge in [-0.3, -0.25) is 0 Å². The lowest BCUT2D eigenvalue weighted by molar-refractivity contribution is 0.411. The van der Waals surface area contributed by atoms with E-state index in [1.807, 2.05) is 11.3 Å². The molecule has 1 heterocycles. The first-order chi connectivity index (χ1) is 8.15. The van der Waals surface area contributed by atoms with Crippen LogP contribution in [0.25, 0.3) is 0 Å². The summed E-state index contributed by atoms with van der Waals surface area (Å²) in [7, 11) is 0. The molecule has 96 valence electrons. The van der Waals surface area contributed by atoms with Crippen LogP contribution in [0.1, 0.15) is 56.9 Å². The summed E-state index contributed by atoms with van der Waals surface area (Å²) >= 11 is 5.37. The van der Waals surface area contributed by atoms with E-state index < -0.39 is 0 Å². The summed E-state index contributed by atoms with van der Waals surface area (Å²) in [5.74, 6) is 0.924. The van der Waals surface area contributed by atoms with Crippen molar-refractivity contribution in [1.82, 2.24) is 5.32 Å². The fourth-order valence-corrected chi connectivity index (χ4v) is 4.11. The molecule has 0 saturated heterocycles. The van der Waals surface area contributed by atoms with Gasteiger partial charge in [0.05, 0.1) is 0 Å². The van der Waals surface area contributed by atoms with E-state index in [0.29, 0.717) is 6.04 Å². The monoisotopic (exact) mass is 315 g/mol. The van der Waals surface area contributed by atoms with Gasteiger partial charge in [-0.15, -0.1) is 11.3 Å². The van der Waals surface area contributed by atoms with E-state index in [4.69, 9.17) is 0 Å². The minimum Gasteiger partial charge on any atom is -0.307 e. The Morgan fingerprint density at radius 3 is 2.88 bits per heavy atom. The Hall–Kier alpha value is 0.140. The summed E-state index contributed by atoms with van der Waals surface area (Å²) in [4.78, 5) is 1.44. The maximum Gasteiger partial charge on any atom is 0.0388 e. The van der Waals surface area contributed by atoms with E-state index in [0.717, 1.165) is 12.0 Å². The second kappa shape index (κ2) is 6.35. The fraction of sp³-hybridized carbons (Fsp3) is 0.714. The number of hydrogen-bond acceptors (Lipinski definition) is 2. The van der Waals surface area contributed by atoms with E-state index in [2.05, 4.69) is 46.5 Å². The molecule has 1 aliphatic rings. The van der Waals surface area contributed by atoms with Crippen LogP contribution in [0.5, 0.6) is 0 Å². The SMILES string of the molecule is CC1CCCC(NC(C)c2cc(Br)cs2)CC1. The van der Waals surface area contributed by atoms with Crippen molar-refractivity contribution in [3.05, 3.63) is 20.8 Å². The smallest absolute Gasteiger partial charge is 0.0388 e. The minimum atomic E-state index is 0.490. The number of thiophene rings is 1. The van der Waals surface area contributed by atoms with Crippen LogP contribution in [-0.4, -0.2) is 6.04 Å². The molecule has 0 radical (unpaired) electrons. The van der Waals surface area contributed by atoms with Crippen LogP contribution in [0, 0.1) is 5.92 Å². The number of rotatable bonds is 3. The molecule has 1 nitrogen and oxygen atoms in total. The van der Waals surface area contributed by atoms with Crippen molar-refractivity contribution in [2.45, 2.75) is 58.0 Å². The molecule has 3 atom stereocenters. The Bertz CT molecular complexity index is 350. The summed E-state index contributed by atoms with van der Waals surface area (Å²) in [6, 6.07) is 3.45. The van der Waals surface area contributed by atoms with Crippen molar-refractivity contribution in [2.24, 2.45) is 5.92 Å². The molecule has 0 aromatic carbocycles. The minimum absolute atomic E-state index is 0.490. The Labute approximate surface area is 117 Å². The zero-order chi connectivity index (χ0) is 12.3. The normalized spacial score (nSPS) is 27.7. The Balaban J connectivity index is 1.87. The van der Waals surface area contributed by atoms with E-state index in [-0.39, 0.29) is 0 Å². The fourth-order valence-electron chi connectivity index (χ4n) is 2.64. The van der Waals surface area contributed by atoms with Crippen LogP contribution >= 0.6 is 27.3 Å². The van der Waals surface area contributed by atoms with Crippen LogP contribution in [0.2, 0.25) is 0 Å². The van der Waals surface area contributed by atoms with Gasteiger partial charge in [0, 0.05) is 26.8 Å². The topological polar surface area (TPSA) is 12.0 Å². The third kappa shape index (κ3) is 4.08. The predicted molar refractivity (Wildman–Crippen MR) is 79.6 cm³/mol. The van der Waals surface area contributed by atoms with Gasteiger partial charge in [-0.05, 0) is 54.1 Å². The summed E-state index contributed by atoms with van der Waals surface area (Å²) in [6.45, 7) is 4.68. The lowest BCUT2D eigenvalue weighted by Gasteiger charge is -2.21. The molecule has 0 bridgehead atoms. The highest BCUT2D eigenvalue weighted by Gasteiger charge is 2.18. The van der Waals surface area contributed by atoms with Gasteiger partial charge in [-0.1, -0.05) is 19.8 Å². The summed E-state index contributed by atoms with van der Waals surface area (Å²) in [5, 5.41) is 5.97. The van der Waals surface area contributed by atoms with Crippen LogP contribution in [-0.2, 0) is 0 Å². The van der Waals surface area contributed by atoms with Crippen molar-refractivity contribution in [2.75, 3.05) is 0 Å². The van der Waals surface area contributed by atoms with Gasteiger partial charge in [0.1, 0.15) is 0 Å². The highest BCUT2D eigenvalue weighted by atomic mass is 79.9. The van der Waals surface area contributed by atoms with Crippen molar-refractivity contribution in [3.8, 4) is 0 Å². The Morgan fingerprint density at radius 1 is 1.35 bits per heavy atom. The Kier molecular flexibility index (Phi) is 5.07. The van der Waals surface area contributed by atoms with Crippen LogP contribution in [0.15, 0.2) is 15.9 Å². The quantitative estimate of drug-likeness (QED) is 0.762. The molecule has 17 heavy (non-hydrogen) atoms. The molecular formula is C14H22BrNS. The van der Waals surface area contributed by atoms with Gasteiger partial charge in [0.25, 0.3) is 0 Å². The maximum atomic E-state index is 3.80. The zero-order valence-electron chi connectivity index (χ0n) is 10.7. The largest absolute Gasteiger partial charge is 0.307 e. The molecule has 1 aliphatic carbocycles. The summed E-state index contributed by atoms with van der Waals surface area (Å²) in [6.07, 6.45) is 6.88. The standard InChI is InChI=1S/C14H22BrNS/c1-10-4-3-5-13(7-6-10)16-11(2)14-8-12(15)9-17-14/h8-11,13,16H,3-7H2,1-2H3. The number of halogens is 1. The molecule has 1 saturated carbocycles. The number of hydrogen-bond donors (Lipinski definition) is 1. The van der Waals surface area contributed by atoms with Gasteiger partial charge in [-0.2, -0.15) is 0 Å². The van der Waals surface area contributed by atoms with Crippen molar-refractivity contribution in [1.29, 1.82) is 0 Å². The third-order valence-corrected chi connectivity index (χ3v) is 5.63. The highest BCUT2D eigenvalue weighted by Crippen LogP contribution is 2.28. The van der Waals surface area contributed by atoms with Gasteiger partial charge in [0.2, 0.25) is 0 Å². The van der Waals surface area contributed by atoms with Crippen LogP contribution in [0.3, 0.4) is 0 Å². The molecule has 1 aromatic rings. The lowest BCUT2D eigenvalue weighted by atomic mass is 10.0. The first kappa shape index (κ1) is 13.6. The molecule has 3 heteroatoms. The average molecular weight is 316 g/mol. The van der Waals surface area contributed by atoms with Crippen LogP contribution < -0.4 is 5.32 Å². The molecule has 1 N–H and O–H groups in total. The van der Waals surface area contributed by atoms with Gasteiger partial charge in [-0.25, -0.2) is 0 Å². The molecule has 0 spiro atoms. The van der Waals surface area contributed by atoms with E-state index in [1.165, 1.54) is 41.5 Å². The summed E-state index contributed by atoms with van der Waals surface area (Å²) in [5.41, 5.74) is 0. The first-order valence-corrected chi connectivity index (χ1v) is 8.32. The van der Waals surface area contributed by atoms with Crippen molar-refractivity contribution in [3.63, 3.8) is 0 Å². The lowest BCUT2D eigenvalue weighted by Crippen LogP contribution is -2.30. The first-order valence-electron chi connectivity index (χ1n) is 6.65. The molecule has 3 unspecified atom stereocenters. The zero-order valence-corrected chi connectivity index (χ0v) is 13.1. The second-order valence-corrected chi connectivity index (χ2v) is 7.22. The van der Waals surface area contributed by atoms with E-state index >= 15 is 0 Å². The van der Waals surface area contributed by atoms with Gasteiger partial charge < -0.3 is 5.32 Å². The number of nitrogens with one attached hydrogen (secondary N) is 1. The second-order valence-electron chi connectivity index (χ2n) is 5.37. The molecule has 1 fully saturated rings. The average Bonchev–Trinajstić information content (AvgIpc) is 2.62. The third-order valence-electron chi connectivity index (χ3n) is 3.76. The molecular weight excluding hydrogens is 294 g/mol. The molecule has 0 amide bonds. The highest BCUT2D eigenvalue weighted by molar-refractivity contribution is 9.10. The van der Waals surface area contributed by atoms with Crippen molar-refractivity contribution < 1.29 is 0 Å². The predicted octanol–water partition coefficient (Wildman–Crippen LogP) is 5.13. The van der Waals surface area contributed by atoms with E-state index in [9.17, 15) is 0 Å². The maximum absolute atomic E-state index is 3.80. The van der Waals surface area contributed by atoms with Crippen LogP contribution in [0.4, 0.5) is 0 Å². The summed E-state index contributed by atoms with van der Waals surface area (Å²) < 4.78 is 1.21. The molecule has 0 aliphatic heterocycles. The van der Waals surface area contributed by atoms with Gasteiger partial charge >= 0.3 is 0 Å².